The van der Waals surface area contributed by atoms with Crippen LogP contribution in [0.3, 0.4) is 0 Å². The fraction of sp³-hybridized carbons (Fsp3) is 0.667. The van der Waals surface area contributed by atoms with Gasteiger partial charge in [0.05, 0.1) is 5.69 Å². The van der Waals surface area contributed by atoms with Gasteiger partial charge in [-0.3, -0.25) is 0 Å². The van der Waals surface area contributed by atoms with Crippen molar-refractivity contribution in [2.45, 2.75) is 31.8 Å². The molecule has 4 heteroatoms. The topological polar surface area (TPSA) is 30.7 Å². The number of thiol groups is 1. The van der Waals surface area contributed by atoms with Crippen molar-refractivity contribution in [2.24, 2.45) is 0 Å². The van der Waals surface area contributed by atoms with E-state index in [4.69, 9.17) is 0 Å². The maximum atomic E-state index is 4.26. The number of aryl methyl sites for hydroxylation is 2. The average Bonchev–Trinajstić information content (AvgIpc) is 2.30. The van der Waals surface area contributed by atoms with E-state index in [9.17, 15) is 0 Å². The average molecular weight is 157 g/mol. The Labute approximate surface area is 65.8 Å². The minimum absolute atomic E-state index is 0.839. The van der Waals surface area contributed by atoms with Crippen LogP contribution in [-0.4, -0.2) is 15.0 Å². The summed E-state index contributed by atoms with van der Waals surface area (Å²) >= 11 is 4.26. The van der Waals surface area contributed by atoms with Crippen LogP contribution < -0.4 is 0 Å². The van der Waals surface area contributed by atoms with E-state index < -0.39 is 0 Å². The van der Waals surface area contributed by atoms with Crippen LogP contribution >= 0.6 is 12.6 Å². The normalized spacial score (nSPS) is 10.3. The second-order valence-corrected chi connectivity index (χ2v) is 2.45. The van der Waals surface area contributed by atoms with Crippen LogP contribution in [0.1, 0.15) is 19.5 Å². The molecule has 0 atom stereocenters. The maximum absolute atomic E-state index is 4.26. The van der Waals surface area contributed by atoms with E-state index >= 15 is 0 Å². The Morgan fingerprint density at radius 1 is 1.50 bits per heavy atom. The van der Waals surface area contributed by atoms with Crippen LogP contribution in [0.5, 0.6) is 0 Å². The number of hydrogen-bond donors (Lipinski definition) is 1. The third kappa shape index (κ3) is 1.16. The van der Waals surface area contributed by atoms with Crippen molar-refractivity contribution in [2.75, 3.05) is 0 Å². The number of nitrogens with zero attached hydrogens (tertiary/aromatic N) is 3. The molecule has 0 N–H and O–H groups in total. The van der Waals surface area contributed by atoms with E-state index in [1.165, 1.54) is 0 Å². The van der Waals surface area contributed by atoms with Gasteiger partial charge in [-0.25, -0.2) is 4.68 Å². The van der Waals surface area contributed by atoms with Gasteiger partial charge in [-0.1, -0.05) is 12.1 Å². The van der Waals surface area contributed by atoms with Gasteiger partial charge < -0.3 is 0 Å². The second kappa shape index (κ2) is 3.05. The SMILES string of the molecule is CCc1nnn(CC)c1S. The van der Waals surface area contributed by atoms with E-state index in [2.05, 4.69) is 22.9 Å². The Morgan fingerprint density at radius 3 is 2.50 bits per heavy atom. The van der Waals surface area contributed by atoms with Crippen LogP contribution in [0.25, 0.3) is 0 Å². The van der Waals surface area contributed by atoms with Gasteiger partial charge in [-0.15, -0.1) is 17.7 Å². The molecule has 0 aliphatic heterocycles. The first-order chi connectivity index (χ1) is 4.79. The predicted octanol–water partition coefficient (Wildman–Crippen LogP) is 1.15. The standard InChI is InChI=1S/C6H11N3S/c1-3-5-6(10)9(4-2)8-7-5/h10H,3-4H2,1-2H3. The Balaban J connectivity index is 2.97. The zero-order valence-corrected chi connectivity index (χ0v) is 7.10. The molecular weight excluding hydrogens is 146 g/mol. The molecule has 1 aromatic rings. The summed E-state index contributed by atoms with van der Waals surface area (Å²) in [4.78, 5) is 0. The molecule has 3 nitrogen and oxygen atoms in total. The third-order valence-corrected chi connectivity index (χ3v) is 1.90. The Morgan fingerprint density at radius 2 is 2.20 bits per heavy atom. The highest BCUT2D eigenvalue weighted by Crippen LogP contribution is 2.09. The number of rotatable bonds is 2. The summed E-state index contributed by atoms with van der Waals surface area (Å²) in [6.45, 7) is 4.91. The van der Waals surface area contributed by atoms with Crippen molar-refractivity contribution in [3.63, 3.8) is 0 Å². The van der Waals surface area contributed by atoms with Gasteiger partial charge in [0.25, 0.3) is 0 Å². The maximum Gasteiger partial charge on any atom is 0.114 e. The third-order valence-electron chi connectivity index (χ3n) is 1.41. The molecule has 1 rings (SSSR count). The van der Waals surface area contributed by atoms with Crippen molar-refractivity contribution < 1.29 is 0 Å². The number of hydrogen-bond acceptors (Lipinski definition) is 3. The summed E-state index contributed by atoms with van der Waals surface area (Å²) < 4.78 is 1.78. The lowest BCUT2D eigenvalue weighted by Crippen LogP contribution is -1.96. The van der Waals surface area contributed by atoms with Gasteiger partial charge in [-0.2, -0.15) is 0 Å². The highest BCUT2D eigenvalue weighted by atomic mass is 32.1. The van der Waals surface area contributed by atoms with Crippen LogP contribution in [0.4, 0.5) is 0 Å². The largest absolute Gasteiger partial charge is 0.239 e. The fourth-order valence-corrected chi connectivity index (χ4v) is 1.17. The minimum atomic E-state index is 0.839. The first-order valence-electron chi connectivity index (χ1n) is 3.40. The quantitative estimate of drug-likeness (QED) is 0.653. The Bertz CT molecular complexity index is 197. The van der Waals surface area contributed by atoms with Gasteiger partial charge in [0.1, 0.15) is 5.03 Å². The van der Waals surface area contributed by atoms with Crippen molar-refractivity contribution in [1.29, 1.82) is 0 Å². The monoisotopic (exact) mass is 157 g/mol. The molecule has 0 spiro atoms. The molecule has 0 bridgehead atoms. The summed E-state index contributed by atoms with van der Waals surface area (Å²) in [6, 6.07) is 0. The van der Waals surface area contributed by atoms with E-state index in [1.807, 2.05) is 13.8 Å². The number of aromatic nitrogens is 3. The van der Waals surface area contributed by atoms with Crippen molar-refractivity contribution in [3.8, 4) is 0 Å². The van der Waals surface area contributed by atoms with Crippen molar-refractivity contribution >= 4 is 12.6 Å². The molecule has 0 saturated carbocycles. The lowest BCUT2D eigenvalue weighted by Gasteiger charge is -1.94. The van der Waals surface area contributed by atoms with Gasteiger partial charge in [0, 0.05) is 6.54 Å². The fourth-order valence-electron chi connectivity index (χ4n) is 0.786. The lowest BCUT2D eigenvalue weighted by atomic mass is 10.4. The van der Waals surface area contributed by atoms with E-state index in [-0.39, 0.29) is 0 Å². The van der Waals surface area contributed by atoms with Crippen molar-refractivity contribution in [3.05, 3.63) is 5.69 Å². The Hall–Kier alpha value is -0.510. The zero-order chi connectivity index (χ0) is 7.56. The molecule has 0 saturated heterocycles. The molecule has 0 aromatic carbocycles. The highest BCUT2D eigenvalue weighted by Gasteiger charge is 2.03. The molecule has 0 fully saturated rings. The molecule has 0 aliphatic rings. The molecule has 0 radical (unpaired) electrons. The van der Waals surface area contributed by atoms with Gasteiger partial charge in [0.2, 0.25) is 0 Å². The molecule has 10 heavy (non-hydrogen) atoms. The molecule has 1 heterocycles. The summed E-state index contributed by atoms with van der Waals surface area (Å²) in [5.41, 5.74) is 0.977. The van der Waals surface area contributed by atoms with E-state index in [0.717, 1.165) is 23.7 Å². The second-order valence-electron chi connectivity index (χ2n) is 2.03. The van der Waals surface area contributed by atoms with Gasteiger partial charge in [0.15, 0.2) is 0 Å². The van der Waals surface area contributed by atoms with Gasteiger partial charge >= 0.3 is 0 Å². The zero-order valence-electron chi connectivity index (χ0n) is 6.20. The first kappa shape index (κ1) is 7.60. The Kier molecular flexibility index (Phi) is 2.32. The predicted molar refractivity (Wildman–Crippen MR) is 42.3 cm³/mol. The molecule has 56 valence electrons. The van der Waals surface area contributed by atoms with Crippen LogP contribution in [0.2, 0.25) is 0 Å². The lowest BCUT2D eigenvalue weighted by molar-refractivity contribution is 0.583. The van der Waals surface area contributed by atoms with Gasteiger partial charge in [-0.05, 0) is 13.3 Å². The molecular formula is C6H11N3S. The first-order valence-corrected chi connectivity index (χ1v) is 3.85. The summed E-state index contributed by atoms with van der Waals surface area (Å²) in [7, 11) is 0. The van der Waals surface area contributed by atoms with Crippen LogP contribution in [-0.2, 0) is 13.0 Å². The van der Waals surface area contributed by atoms with Crippen LogP contribution in [0.15, 0.2) is 5.03 Å². The minimum Gasteiger partial charge on any atom is -0.239 e. The molecule has 1 aromatic heterocycles. The highest BCUT2D eigenvalue weighted by molar-refractivity contribution is 7.80. The molecule has 0 aliphatic carbocycles. The van der Waals surface area contributed by atoms with E-state index in [1.54, 1.807) is 4.68 Å². The summed E-state index contributed by atoms with van der Waals surface area (Å²) in [6.07, 6.45) is 0.902. The summed E-state index contributed by atoms with van der Waals surface area (Å²) in [5, 5.41) is 8.73. The smallest absolute Gasteiger partial charge is 0.114 e. The van der Waals surface area contributed by atoms with E-state index in [0.29, 0.717) is 0 Å². The van der Waals surface area contributed by atoms with Crippen molar-refractivity contribution in [1.82, 2.24) is 15.0 Å². The molecule has 0 amide bonds. The molecule has 0 unspecified atom stereocenters. The summed E-state index contributed by atoms with van der Waals surface area (Å²) in [5.74, 6) is 0. The van der Waals surface area contributed by atoms with Crippen LogP contribution in [0, 0.1) is 0 Å².